The lowest BCUT2D eigenvalue weighted by Crippen LogP contribution is -2.62. The normalized spacial score (nSPS) is 20.1. The third-order valence-corrected chi connectivity index (χ3v) is 6.87. The molecule has 1 saturated heterocycles. The molecule has 3 N–H and O–H groups in total. The van der Waals surface area contributed by atoms with Crippen LogP contribution >= 0.6 is 0 Å². The molecule has 214 valence electrons. The van der Waals surface area contributed by atoms with Gasteiger partial charge in [0.15, 0.2) is 0 Å². The topological polar surface area (TPSA) is 130 Å². The molecule has 0 radical (unpaired) electrons. The number of alkyl halides is 3. The van der Waals surface area contributed by atoms with E-state index < -0.39 is 47.3 Å². The standard InChI is InChI=1S/C27H31F3N6O4/c1-25(2,31)23(38)32-18(15-40-21-11-7-10-20(33-21)27(28,29)30)22(37)36-13-12-19-26(16-36,24(39)35(3)34-19)14-17-8-5-4-6-9-17/h4-11,18H,12-16,31H2,1-3H3,(H,32,38)/t18-,26-/m1/s1. The van der Waals surface area contributed by atoms with Crippen LogP contribution in [-0.2, 0) is 27.0 Å². The molecule has 4 rings (SSSR count). The van der Waals surface area contributed by atoms with Crippen LogP contribution in [0.3, 0.4) is 0 Å². The van der Waals surface area contributed by atoms with E-state index in [0.717, 1.165) is 17.7 Å². The monoisotopic (exact) mass is 560 g/mol. The number of likely N-dealkylation sites (tertiary alicyclic amines) is 1. The Bertz CT molecular complexity index is 1310. The summed E-state index contributed by atoms with van der Waals surface area (Å²) in [5.74, 6) is -1.85. The first-order valence-electron chi connectivity index (χ1n) is 12.7. The predicted molar refractivity (Wildman–Crippen MR) is 139 cm³/mol. The van der Waals surface area contributed by atoms with Gasteiger partial charge < -0.3 is 20.7 Å². The second kappa shape index (κ2) is 10.9. The maximum atomic E-state index is 13.8. The Hall–Kier alpha value is -4.00. The van der Waals surface area contributed by atoms with E-state index in [0.29, 0.717) is 18.6 Å². The molecule has 40 heavy (non-hydrogen) atoms. The number of benzene rings is 1. The Morgan fingerprint density at radius 1 is 1.15 bits per heavy atom. The average molecular weight is 561 g/mol. The highest BCUT2D eigenvalue weighted by atomic mass is 19.4. The van der Waals surface area contributed by atoms with Crippen molar-refractivity contribution in [1.82, 2.24) is 20.2 Å². The molecule has 3 amide bonds. The number of aromatic nitrogens is 1. The summed E-state index contributed by atoms with van der Waals surface area (Å²) in [5.41, 5.74) is 3.87. The number of rotatable bonds is 8. The molecule has 0 saturated carbocycles. The van der Waals surface area contributed by atoms with Gasteiger partial charge in [0.25, 0.3) is 5.91 Å². The molecule has 1 fully saturated rings. The number of piperidine rings is 1. The number of amides is 3. The Kier molecular flexibility index (Phi) is 7.88. The minimum Gasteiger partial charge on any atom is -0.475 e. The summed E-state index contributed by atoms with van der Waals surface area (Å²) in [6.07, 6.45) is -4.04. The van der Waals surface area contributed by atoms with E-state index in [1.54, 1.807) is 7.05 Å². The second-order valence-corrected chi connectivity index (χ2v) is 10.5. The number of hydrogen-bond acceptors (Lipinski definition) is 7. The minimum absolute atomic E-state index is 0.00291. The molecular weight excluding hydrogens is 529 g/mol. The van der Waals surface area contributed by atoms with Gasteiger partial charge in [-0.15, -0.1) is 0 Å². The molecule has 2 aliphatic heterocycles. The number of fused-ring (bicyclic) bond motifs is 1. The van der Waals surface area contributed by atoms with Gasteiger partial charge >= 0.3 is 6.18 Å². The zero-order valence-corrected chi connectivity index (χ0v) is 22.4. The highest BCUT2D eigenvalue weighted by Crippen LogP contribution is 2.38. The SMILES string of the molecule is CN1N=C2CCN(C(=O)[C@@H](COc3cccc(C(F)(F)F)n3)NC(=O)C(C)(C)N)C[C@@]2(Cc2ccccc2)C1=O. The summed E-state index contributed by atoms with van der Waals surface area (Å²) < 4.78 is 44.8. The van der Waals surface area contributed by atoms with Crippen molar-refractivity contribution in [3.05, 3.63) is 59.8 Å². The van der Waals surface area contributed by atoms with Crippen molar-refractivity contribution >= 4 is 23.4 Å². The van der Waals surface area contributed by atoms with Gasteiger partial charge in [0.2, 0.25) is 17.7 Å². The van der Waals surface area contributed by atoms with E-state index in [9.17, 15) is 27.6 Å². The molecule has 0 spiro atoms. The van der Waals surface area contributed by atoms with Gasteiger partial charge in [0.1, 0.15) is 23.8 Å². The third-order valence-electron chi connectivity index (χ3n) is 6.87. The maximum absolute atomic E-state index is 13.8. The van der Waals surface area contributed by atoms with Gasteiger partial charge in [-0.25, -0.2) is 9.99 Å². The molecule has 2 aromatic rings. The van der Waals surface area contributed by atoms with Gasteiger partial charge in [-0.1, -0.05) is 36.4 Å². The van der Waals surface area contributed by atoms with Crippen molar-refractivity contribution in [2.45, 2.75) is 44.4 Å². The van der Waals surface area contributed by atoms with Gasteiger partial charge in [0, 0.05) is 32.6 Å². The molecule has 10 nitrogen and oxygen atoms in total. The summed E-state index contributed by atoms with van der Waals surface area (Å²) in [6, 6.07) is 11.2. The number of hydrogen-bond donors (Lipinski definition) is 2. The quantitative estimate of drug-likeness (QED) is 0.508. The number of pyridine rings is 1. The van der Waals surface area contributed by atoms with Gasteiger partial charge in [-0.2, -0.15) is 18.3 Å². The van der Waals surface area contributed by atoms with Crippen molar-refractivity contribution in [2.75, 3.05) is 26.7 Å². The molecule has 1 aromatic heterocycles. The van der Waals surface area contributed by atoms with Crippen LogP contribution in [0.1, 0.15) is 31.5 Å². The number of nitrogens with one attached hydrogen (secondary N) is 1. The molecule has 13 heteroatoms. The molecule has 2 atom stereocenters. The largest absolute Gasteiger partial charge is 0.475 e. The Morgan fingerprint density at radius 3 is 2.50 bits per heavy atom. The number of halogens is 3. The van der Waals surface area contributed by atoms with Crippen molar-refractivity contribution in [1.29, 1.82) is 0 Å². The highest BCUT2D eigenvalue weighted by Gasteiger charge is 2.54. The van der Waals surface area contributed by atoms with Crippen molar-refractivity contribution in [3.63, 3.8) is 0 Å². The highest BCUT2D eigenvalue weighted by molar-refractivity contribution is 6.13. The summed E-state index contributed by atoms with van der Waals surface area (Å²) in [6.45, 7) is 2.61. The summed E-state index contributed by atoms with van der Waals surface area (Å²) in [4.78, 5) is 44.9. The van der Waals surface area contributed by atoms with Gasteiger partial charge in [-0.05, 0) is 31.9 Å². The zero-order valence-electron chi connectivity index (χ0n) is 22.4. The lowest BCUT2D eigenvalue weighted by molar-refractivity contribution is -0.143. The van der Waals surface area contributed by atoms with Gasteiger partial charge in [0.05, 0.1) is 11.3 Å². The number of nitrogens with two attached hydrogens (primary N) is 1. The first-order valence-corrected chi connectivity index (χ1v) is 12.7. The van der Waals surface area contributed by atoms with Crippen LogP contribution in [0.25, 0.3) is 0 Å². The van der Waals surface area contributed by atoms with E-state index in [2.05, 4.69) is 15.4 Å². The third kappa shape index (κ3) is 6.09. The second-order valence-electron chi connectivity index (χ2n) is 10.5. The number of carbonyl (C=O) groups excluding carboxylic acids is 3. The zero-order chi connectivity index (χ0) is 29.3. The Morgan fingerprint density at radius 2 is 1.85 bits per heavy atom. The molecule has 0 unspecified atom stereocenters. The minimum atomic E-state index is -4.69. The van der Waals surface area contributed by atoms with Crippen LogP contribution in [0.15, 0.2) is 53.6 Å². The van der Waals surface area contributed by atoms with Crippen molar-refractivity contribution in [2.24, 2.45) is 16.3 Å². The first-order chi connectivity index (χ1) is 18.7. The first kappa shape index (κ1) is 29.0. The van der Waals surface area contributed by atoms with Crippen LogP contribution in [0, 0.1) is 5.41 Å². The van der Waals surface area contributed by atoms with Crippen LogP contribution < -0.4 is 15.8 Å². The van der Waals surface area contributed by atoms with Crippen LogP contribution in [0.4, 0.5) is 13.2 Å². The molecular formula is C27H31F3N6O4. The molecule has 1 aromatic carbocycles. The number of nitrogens with zero attached hydrogens (tertiary/aromatic N) is 4. The smallest absolute Gasteiger partial charge is 0.433 e. The van der Waals surface area contributed by atoms with Gasteiger partial charge in [-0.3, -0.25) is 14.4 Å². The lowest BCUT2D eigenvalue weighted by Gasteiger charge is -2.40. The number of hydrazone groups is 1. The molecule has 2 aliphatic rings. The van der Waals surface area contributed by atoms with Crippen molar-refractivity contribution < 1.29 is 32.3 Å². The Labute approximate surface area is 229 Å². The fraction of sp³-hybridized carbons (Fsp3) is 0.444. The van der Waals surface area contributed by atoms with E-state index in [1.165, 1.54) is 29.8 Å². The maximum Gasteiger partial charge on any atom is 0.433 e. The van der Waals surface area contributed by atoms with E-state index in [1.807, 2.05) is 30.3 Å². The van der Waals surface area contributed by atoms with E-state index >= 15 is 0 Å². The van der Waals surface area contributed by atoms with E-state index in [4.69, 9.17) is 10.5 Å². The van der Waals surface area contributed by atoms with Crippen LogP contribution in [0.2, 0.25) is 0 Å². The predicted octanol–water partition coefficient (Wildman–Crippen LogP) is 1.99. The summed E-state index contributed by atoms with van der Waals surface area (Å²) in [5, 5.41) is 8.27. The lowest BCUT2D eigenvalue weighted by atomic mass is 9.73. The van der Waals surface area contributed by atoms with Crippen LogP contribution in [0.5, 0.6) is 5.88 Å². The molecule has 0 aliphatic carbocycles. The molecule has 3 heterocycles. The fourth-order valence-corrected chi connectivity index (χ4v) is 4.78. The Balaban J connectivity index is 1.59. The number of ether oxygens (including phenoxy) is 1. The fourth-order valence-electron chi connectivity index (χ4n) is 4.78. The summed E-state index contributed by atoms with van der Waals surface area (Å²) >= 11 is 0. The number of carbonyl (C=O) groups is 3. The summed E-state index contributed by atoms with van der Waals surface area (Å²) in [7, 11) is 1.56. The van der Waals surface area contributed by atoms with E-state index in [-0.39, 0.29) is 24.9 Å². The average Bonchev–Trinajstić information content (AvgIpc) is 3.14. The molecule has 0 bridgehead atoms. The van der Waals surface area contributed by atoms with Crippen LogP contribution in [-0.4, -0.2) is 76.7 Å². The van der Waals surface area contributed by atoms with Crippen molar-refractivity contribution in [3.8, 4) is 5.88 Å².